The standard InChI is InChI=1S/C16H17Cl2NO3/c1-21-9-7-19(11-12-4-3-8-22-12)16(20)10-13-14(17)5-2-6-15(13)18/h2-6,8H,7,9-11H2,1H3. The maximum atomic E-state index is 12.6. The molecule has 0 aliphatic heterocycles. The zero-order valence-electron chi connectivity index (χ0n) is 12.2. The van der Waals surface area contributed by atoms with Crippen LogP contribution < -0.4 is 0 Å². The zero-order chi connectivity index (χ0) is 15.9. The minimum absolute atomic E-state index is 0.0801. The molecular weight excluding hydrogens is 325 g/mol. The molecule has 0 fully saturated rings. The van der Waals surface area contributed by atoms with Crippen LogP contribution >= 0.6 is 23.2 Å². The quantitative estimate of drug-likeness (QED) is 0.769. The molecule has 2 rings (SSSR count). The van der Waals surface area contributed by atoms with Gasteiger partial charge in [0.15, 0.2) is 0 Å². The summed E-state index contributed by atoms with van der Waals surface area (Å²) in [6.07, 6.45) is 1.72. The molecular formula is C16H17Cl2NO3. The van der Waals surface area contributed by atoms with E-state index in [1.807, 2.05) is 6.07 Å². The van der Waals surface area contributed by atoms with Gasteiger partial charge >= 0.3 is 0 Å². The van der Waals surface area contributed by atoms with Crippen LogP contribution in [0.1, 0.15) is 11.3 Å². The molecule has 6 heteroatoms. The predicted molar refractivity (Wildman–Crippen MR) is 86.2 cm³/mol. The Kier molecular flexibility index (Phi) is 6.31. The molecule has 0 unspecified atom stereocenters. The van der Waals surface area contributed by atoms with Gasteiger partial charge in [-0.25, -0.2) is 0 Å². The number of carbonyl (C=O) groups is 1. The van der Waals surface area contributed by atoms with Gasteiger partial charge in [-0.1, -0.05) is 29.3 Å². The lowest BCUT2D eigenvalue weighted by Crippen LogP contribution is -2.34. The van der Waals surface area contributed by atoms with Gasteiger partial charge < -0.3 is 14.1 Å². The molecule has 0 bridgehead atoms. The molecule has 0 aliphatic carbocycles. The third-order valence-corrected chi connectivity index (χ3v) is 3.94. The van der Waals surface area contributed by atoms with E-state index in [1.165, 1.54) is 0 Å². The molecule has 0 N–H and O–H groups in total. The molecule has 1 heterocycles. The van der Waals surface area contributed by atoms with Crippen molar-refractivity contribution in [1.82, 2.24) is 4.90 Å². The molecule has 1 amide bonds. The average molecular weight is 342 g/mol. The SMILES string of the molecule is COCCN(Cc1ccco1)C(=O)Cc1c(Cl)cccc1Cl. The number of rotatable bonds is 7. The van der Waals surface area contributed by atoms with Gasteiger partial charge in [-0.2, -0.15) is 0 Å². The molecule has 0 radical (unpaired) electrons. The number of furan rings is 1. The van der Waals surface area contributed by atoms with Crippen molar-refractivity contribution in [2.24, 2.45) is 0 Å². The summed E-state index contributed by atoms with van der Waals surface area (Å²) in [6, 6.07) is 8.82. The smallest absolute Gasteiger partial charge is 0.227 e. The Labute approximate surface area is 139 Å². The fourth-order valence-electron chi connectivity index (χ4n) is 2.05. The Balaban J connectivity index is 2.11. The first kappa shape index (κ1) is 16.9. The van der Waals surface area contributed by atoms with Gasteiger partial charge in [-0.05, 0) is 29.8 Å². The number of carbonyl (C=O) groups excluding carboxylic acids is 1. The Morgan fingerprint density at radius 1 is 1.23 bits per heavy atom. The van der Waals surface area contributed by atoms with Crippen LogP contribution in [-0.2, 0) is 22.5 Å². The number of methoxy groups -OCH3 is 1. The van der Waals surface area contributed by atoms with Crippen LogP contribution in [0.4, 0.5) is 0 Å². The van der Waals surface area contributed by atoms with Crippen LogP contribution in [0.15, 0.2) is 41.0 Å². The van der Waals surface area contributed by atoms with E-state index in [4.69, 9.17) is 32.4 Å². The fourth-order valence-corrected chi connectivity index (χ4v) is 2.58. The van der Waals surface area contributed by atoms with Crippen LogP contribution in [0, 0.1) is 0 Å². The molecule has 118 valence electrons. The van der Waals surface area contributed by atoms with E-state index < -0.39 is 0 Å². The van der Waals surface area contributed by atoms with Crippen LogP contribution in [0.25, 0.3) is 0 Å². The summed E-state index contributed by atoms with van der Waals surface area (Å²) >= 11 is 12.3. The Morgan fingerprint density at radius 3 is 2.55 bits per heavy atom. The van der Waals surface area contributed by atoms with Crippen LogP contribution in [0.2, 0.25) is 10.0 Å². The minimum Gasteiger partial charge on any atom is -0.467 e. The van der Waals surface area contributed by atoms with E-state index in [-0.39, 0.29) is 12.3 Å². The van der Waals surface area contributed by atoms with Crippen LogP contribution in [0.5, 0.6) is 0 Å². The number of hydrogen-bond acceptors (Lipinski definition) is 3. The van der Waals surface area contributed by atoms with Crippen molar-refractivity contribution in [2.45, 2.75) is 13.0 Å². The van der Waals surface area contributed by atoms with Crippen molar-refractivity contribution in [1.29, 1.82) is 0 Å². The van der Waals surface area contributed by atoms with Gasteiger partial charge in [0.05, 0.1) is 25.8 Å². The lowest BCUT2D eigenvalue weighted by Gasteiger charge is -2.22. The van der Waals surface area contributed by atoms with Crippen molar-refractivity contribution in [3.8, 4) is 0 Å². The molecule has 1 aromatic heterocycles. The van der Waals surface area contributed by atoms with E-state index >= 15 is 0 Å². The lowest BCUT2D eigenvalue weighted by molar-refractivity contribution is -0.132. The number of halogens is 2. The van der Waals surface area contributed by atoms with Gasteiger partial charge in [0.2, 0.25) is 5.91 Å². The molecule has 22 heavy (non-hydrogen) atoms. The highest BCUT2D eigenvalue weighted by Gasteiger charge is 2.18. The second-order valence-electron chi connectivity index (χ2n) is 4.76. The zero-order valence-corrected chi connectivity index (χ0v) is 13.7. The third-order valence-electron chi connectivity index (χ3n) is 3.23. The highest BCUT2D eigenvalue weighted by atomic mass is 35.5. The number of nitrogens with zero attached hydrogens (tertiary/aromatic N) is 1. The van der Waals surface area contributed by atoms with Gasteiger partial charge in [-0.3, -0.25) is 4.79 Å². The van der Waals surface area contributed by atoms with E-state index in [1.54, 1.807) is 42.5 Å². The highest BCUT2D eigenvalue weighted by Crippen LogP contribution is 2.25. The molecule has 0 spiro atoms. The second kappa shape index (κ2) is 8.22. The van der Waals surface area contributed by atoms with Gasteiger partial charge in [0, 0.05) is 23.7 Å². The molecule has 0 atom stereocenters. The largest absolute Gasteiger partial charge is 0.467 e. The normalized spacial score (nSPS) is 10.7. The third kappa shape index (κ3) is 4.50. The highest BCUT2D eigenvalue weighted by molar-refractivity contribution is 6.36. The summed E-state index contributed by atoms with van der Waals surface area (Å²) in [5, 5.41) is 0.982. The van der Waals surface area contributed by atoms with Crippen molar-refractivity contribution in [3.63, 3.8) is 0 Å². The van der Waals surface area contributed by atoms with Gasteiger partial charge in [0.1, 0.15) is 5.76 Å². The molecule has 1 aromatic carbocycles. The first-order chi connectivity index (χ1) is 10.6. The lowest BCUT2D eigenvalue weighted by atomic mass is 10.1. The Hall–Kier alpha value is -1.49. The average Bonchev–Trinajstić information content (AvgIpc) is 3.00. The summed E-state index contributed by atoms with van der Waals surface area (Å²) in [5.74, 6) is 0.637. The predicted octanol–water partition coefficient (Wildman–Crippen LogP) is 3.80. The number of ether oxygens (including phenoxy) is 1. The number of benzene rings is 1. The topological polar surface area (TPSA) is 42.7 Å². The number of amides is 1. The van der Waals surface area contributed by atoms with Gasteiger partial charge in [-0.15, -0.1) is 0 Å². The molecule has 0 saturated carbocycles. The fraction of sp³-hybridized carbons (Fsp3) is 0.312. The second-order valence-corrected chi connectivity index (χ2v) is 5.58. The Bertz CT molecular complexity index is 594. The first-order valence-electron chi connectivity index (χ1n) is 6.83. The summed E-state index contributed by atoms with van der Waals surface area (Å²) in [7, 11) is 1.60. The molecule has 4 nitrogen and oxygen atoms in total. The van der Waals surface area contributed by atoms with E-state index in [0.717, 1.165) is 5.76 Å². The molecule has 0 saturated heterocycles. The maximum absolute atomic E-state index is 12.6. The van der Waals surface area contributed by atoms with Crippen molar-refractivity contribution in [2.75, 3.05) is 20.3 Å². The maximum Gasteiger partial charge on any atom is 0.227 e. The van der Waals surface area contributed by atoms with Gasteiger partial charge in [0.25, 0.3) is 0 Å². The van der Waals surface area contributed by atoms with Crippen LogP contribution in [-0.4, -0.2) is 31.1 Å². The molecule has 2 aromatic rings. The summed E-state index contributed by atoms with van der Waals surface area (Å²) in [4.78, 5) is 14.2. The van der Waals surface area contributed by atoms with E-state index in [9.17, 15) is 4.79 Å². The minimum atomic E-state index is -0.0801. The summed E-state index contributed by atoms with van der Waals surface area (Å²) < 4.78 is 10.4. The first-order valence-corrected chi connectivity index (χ1v) is 7.59. The van der Waals surface area contributed by atoms with Crippen molar-refractivity contribution in [3.05, 3.63) is 58.0 Å². The number of hydrogen-bond donors (Lipinski definition) is 0. The monoisotopic (exact) mass is 341 g/mol. The van der Waals surface area contributed by atoms with Crippen molar-refractivity contribution >= 4 is 29.1 Å². The Morgan fingerprint density at radius 2 is 1.95 bits per heavy atom. The summed E-state index contributed by atoms with van der Waals surface area (Å²) in [6.45, 7) is 1.30. The van der Waals surface area contributed by atoms with E-state index in [0.29, 0.717) is 35.3 Å². The van der Waals surface area contributed by atoms with E-state index in [2.05, 4.69) is 0 Å². The van der Waals surface area contributed by atoms with Crippen molar-refractivity contribution < 1.29 is 13.9 Å². The summed E-state index contributed by atoms with van der Waals surface area (Å²) in [5.41, 5.74) is 0.637. The molecule has 0 aliphatic rings. The van der Waals surface area contributed by atoms with Crippen LogP contribution in [0.3, 0.4) is 0 Å².